The van der Waals surface area contributed by atoms with E-state index >= 15 is 0 Å². The summed E-state index contributed by atoms with van der Waals surface area (Å²) in [6.07, 6.45) is 6.73. The molecule has 0 aliphatic heterocycles. The summed E-state index contributed by atoms with van der Waals surface area (Å²) in [6, 6.07) is 0. The standard InChI is InChI=1S/C13H24O2/c1-3-4-8-13(14)10-15-9-12-7-5-6-11(12)2/h11-12H,3-10H2,1-2H3. The van der Waals surface area contributed by atoms with Crippen LogP contribution in [-0.4, -0.2) is 19.0 Å². The molecular weight excluding hydrogens is 188 g/mol. The van der Waals surface area contributed by atoms with Gasteiger partial charge in [-0.15, -0.1) is 0 Å². The van der Waals surface area contributed by atoms with E-state index in [1.807, 2.05) is 0 Å². The minimum absolute atomic E-state index is 0.266. The Kier molecular flexibility index (Phi) is 5.92. The van der Waals surface area contributed by atoms with Crippen LogP contribution in [-0.2, 0) is 9.53 Å². The fraction of sp³-hybridized carbons (Fsp3) is 0.923. The number of rotatable bonds is 7. The van der Waals surface area contributed by atoms with Gasteiger partial charge in [0.2, 0.25) is 0 Å². The number of ketones is 1. The lowest BCUT2D eigenvalue weighted by molar-refractivity contribution is -0.124. The first-order valence-corrected chi connectivity index (χ1v) is 6.33. The van der Waals surface area contributed by atoms with Crippen molar-refractivity contribution in [2.45, 2.75) is 52.4 Å². The average Bonchev–Trinajstić information content (AvgIpc) is 2.61. The van der Waals surface area contributed by atoms with Crippen LogP contribution in [0, 0.1) is 11.8 Å². The highest BCUT2D eigenvalue weighted by atomic mass is 16.5. The molecule has 0 N–H and O–H groups in total. The Bertz CT molecular complexity index is 189. The molecule has 2 nitrogen and oxygen atoms in total. The summed E-state index contributed by atoms with van der Waals surface area (Å²) >= 11 is 0. The first-order chi connectivity index (χ1) is 7.24. The Balaban J connectivity index is 2.02. The van der Waals surface area contributed by atoms with Crippen molar-refractivity contribution in [2.75, 3.05) is 13.2 Å². The van der Waals surface area contributed by atoms with Gasteiger partial charge in [0.25, 0.3) is 0 Å². The van der Waals surface area contributed by atoms with E-state index in [9.17, 15) is 4.79 Å². The van der Waals surface area contributed by atoms with Crippen LogP contribution in [0.15, 0.2) is 0 Å². The van der Waals surface area contributed by atoms with Crippen LogP contribution in [0.25, 0.3) is 0 Å². The van der Waals surface area contributed by atoms with Crippen LogP contribution in [0.5, 0.6) is 0 Å². The highest BCUT2D eigenvalue weighted by molar-refractivity contribution is 5.79. The van der Waals surface area contributed by atoms with Gasteiger partial charge in [0.1, 0.15) is 6.61 Å². The van der Waals surface area contributed by atoms with Crippen LogP contribution >= 0.6 is 0 Å². The first-order valence-electron chi connectivity index (χ1n) is 6.33. The molecule has 0 aromatic heterocycles. The molecule has 1 aliphatic carbocycles. The van der Waals surface area contributed by atoms with Crippen molar-refractivity contribution in [2.24, 2.45) is 11.8 Å². The largest absolute Gasteiger partial charge is 0.373 e. The number of ether oxygens (including phenoxy) is 1. The molecule has 2 heteroatoms. The van der Waals surface area contributed by atoms with Gasteiger partial charge in [-0.1, -0.05) is 33.1 Å². The van der Waals surface area contributed by atoms with Crippen molar-refractivity contribution < 1.29 is 9.53 Å². The molecule has 0 bridgehead atoms. The maximum Gasteiger partial charge on any atom is 0.158 e. The smallest absolute Gasteiger partial charge is 0.158 e. The van der Waals surface area contributed by atoms with E-state index in [2.05, 4.69) is 13.8 Å². The Morgan fingerprint density at radius 3 is 2.80 bits per heavy atom. The van der Waals surface area contributed by atoms with E-state index in [0.717, 1.165) is 25.4 Å². The molecule has 1 aliphatic rings. The fourth-order valence-electron chi connectivity index (χ4n) is 2.24. The van der Waals surface area contributed by atoms with Crippen molar-refractivity contribution in [1.82, 2.24) is 0 Å². The number of unbranched alkanes of at least 4 members (excludes halogenated alkanes) is 1. The van der Waals surface area contributed by atoms with Gasteiger partial charge in [0.05, 0.1) is 6.61 Å². The highest BCUT2D eigenvalue weighted by Gasteiger charge is 2.23. The zero-order valence-corrected chi connectivity index (χ0v) is 10.1. The third-order valence-corrected chi connectivity index (χ3v) is 3.44. The molecule has 2 atom stereocenters. The van der Waals surface area contributed by atoms with E-state index in [-0.39, 0.29) is 5.78 Å². The summed E-state index contributed by atoms with van der Waals surface area (Å²) in [4.78, 5) is 11.3. The molecule has 88 valence electrons. The van der Waals surface area contributed by atoms with Crippen LogP contribution in [0.1, 0.15) is 52.4 Å². The van der Waals surface area contributed by atoms with Gasteiger partial charge in [-0.2, -0.15) is 0 Å². The number of carbonyl (C=O) groups is 1. The normalized spacial score (nSPS) is 25.7. The summed E-state index contributed by atoms with van der Waals surface area (Å²) in [6.45, 7) is 5.52. The lowest BCUT2D eigenvalue weighted by Crippen LogP contribution is -2.16. The minimum Gasteiger partial charge on any atom is -0.373 e. The maximum atomic E-state index is 11.3. The molecular formula is C13H24O2. The topological polar surface area (TPSA) is 26.3 Å². The molecule has 1 fully saturated rings. The van der Waals surface area contributed by atoms with Gasteiger partial charge >= 0.3 is 0 Å². The quantitative estimate of drug-likeness (QED) is 0.648. The summed E-state index contributed by atoms with van der Waals surface area (Å²) in [7, 11) is 0. The van der Waals surface area contributed by atoms with Crippen LogP contribution < -0.4 is 0 Å². The second kappa shape index (κ2) is 7.00. The van der Waals surface area contributed by atoms with Gasteiger partial charge in [-0.3, -0.25) is 4.79 Å². The minimum atomic E-state index is 0.266. The van der Waals surface area contributed by atoms with E-state index in [1.54, 1.807) is 0 Å². The lowest BCUT2D eigenvalue weighted by atomic mass is 9.99. The van der Waals surface area contributed by atoms with Crippen molar-refractivity contribution in [3.63, 3.8) is 0 Å². The molecule has 0 radical (unpaired) electrons. The van der Waals surface area contributed by atoms with E-state index in [4.69, 9.17) is 4.74 Å². The Labute approximate surface area is 93.4 Å². The van der Waals surface area contributed by atoms with E-state index in [1.165, 1.54) is 19.3 Å². The summed E-state index contributed by atoms with van der Waals surface area (Å²) < 4.78 is 5.50. The highest BCUT2D eigenvalue weighted by Crippen LogP contribution is 2.31. The number of hydrogen-bond acceptors (Lipinski definition) is 2. The summed E-state index contributed by atoms with van der Waals surface area (Å²) in [5, 5.41) is 0. The first kappa shape index (κ1) is 12.7. The Morgan fingerprint density at radius 2 is 2.20 bits per heavy atom. The zero-order chi connectivity index (χ0) is 11.1. The Morgan fingerprint density at radius 1 is 1.40 bits per heavy atom. The Hall–Kier alpha value is -0.370. The van der Waals surface area contributed by atoms with Crippen LogP contribution in [0.2, 0.25) is 0 Å². The molecule has 1 rings (SSSR count). The lowest BCUT2D eigenvalue weighted by Gasteiger charge is -2.14. The maximum absolute atomic E-state index is 11.3. The number of carbonyl (C=O) groups excluding carboxylic acids is 1. The number of Topliss-reactive ketones (excluding diaryl/α,β-unsaturated/α-hetero) is 1. The predicted molar refractivity (Wildman–Crippen MR) is 61.9 cm³/mol. The third-order valence-electron chi connectivity index (χ3n) is 3.44. The van der Waals surface area contributed by atoms with Crippen LogP contribution in [0.4, 0.5) is 0 Å². The molecule has 15 heavy (non-hydrogen) atoms. The fourth-order valence-corrected chi connectivity index (χ4v) is 2.24. The molecule has 1 saturated carbocycles. The molecule has 0 saturated heterocycles. The van der Waals surface area contributed by atoms with Crippen molar-refractivity contribution in [3.05, 3.63) is 0 Å². The molecule has 0 amide bonds. The second-order valence-electron chi connectivity index (χ2n) is 4.83. The van der Waals surface area contributed by atoms with Crippen molar-refractivity contribution in [3.8, 4) is 0 Å². The summed E-state index contributed by atoms with van der Waals surface area (Å²) in [5.74, 6) is 1.75. The van der Waals surface area contributed by atoms with Crippen LogP contribution in [0.3, 0.4) is 0 Å². The SMILES string of the molecule is CCCCC(=O)COCC1CCCC1C. The van der Waals surface area contributed by atoms with E-state index < -0.39 is 0 Å². The van der Waals surface area contributed by atoms with Gasteiger partial charge in [-0.05, 0) is 24.7 Å². The summed E-state index contributed by atoms with van der Waals surface area (Å²) in [5.41, 5.74) is 0. The van der Waals surface area contributed by atoms with Crippen molar-refractivity contribution in [1.29, 1.82) is 0 Å². The molecule has 0 heterocycles. The number of hydrogen-bond donors (Lipinski definition) is 0. The molecule has 0 spiro atoms. The van der Waals surface area contributed by atoms with Gasteiger partial charge in [0.15, 0.2) is 5.78 Å². The van der Waals surface area contributed by atoms with Gasteiger partial charge in [0, 0.05) is 6.42 Å². The average molecular weight is 212 g/mol. The predicted octanol–water partition coefficient (Wildman–Crippen LogP) is 3.20. The zero-order valence-electron chi connectivity index (χ0n) is 10.1. The molecule has 0 aromatic carbocycles. The monoisotopic (exact) mass is 212 g/mol. The van der Waals surface area contributed by atoms with Crippen molar-refractivity contribution >= 4 is 5.78 Å². The second-order valence-corrected chi connectivity index (χ2v) is 4.83. The third kappa shape index (κ3) is 4.78. The van der Waals surface area contributed by atoms with Gasteiger partial charge in [-0.25, -0.2) is 0 Å². The van der Waals surface area contributed by atoms with E-state index in [0.29, 0.717) is 18.9 Å². The molecule has 2 unspecified atom stereocenters. The molecule has 0 aromatic rings. The van der Waals surface area contributed by atoms with Gasteiger partial charge < -0.3 is 4.74 Å².